The van der Waals surface area contributed by atoms with Crippen LogP contribution in [0.2, 0.25) is 0 Å². The predicted octanol–water partition coefficient (Wildman–Crippen LogP) is 3.92. The maximum absolute atomic E-state index is 6.03. The summed E-state index contributed by atoms with van der Waals surface area (Å²) in [5.74, 6) is 0.314. The molecule has 2 aliphatic heterocycles. The molecule has 4 rings (SSSR count). The minimum atomic E-state index is -0.525. The normalized spacial score (nSPS) is 24.7. The van der Waals surface area contributed by atoms with Gasteiger partial charge in [0.15, 0.2) is 0 Å². The third-order valence-electron chi connectivity index (χ3n) is 4.44. The molecular formula is C19H20N2O2. The first-order valence-corrected chi connectivity index (χ1v) is 8.02. The molecule has 23 heavy (non-hydrogen) atoms. The van der Waals surface area contributed by atoms with E-state index in [-0.39, 0.29) is 0 Å². The van der Waals surface area contributed by atoms with Gasteiger partial charge in [-0.05, 0) is 50.6 Å². The first kappa shape index (κ1) is 14.3. The topological polar surface area (TPSA) is 36.3 Å². The van der Waals surface area contributed by atoms with Crippen molar-refractivity contribution in [3.05, 3.63) is 65.2 Å². The Hall–Kier alpha value is -2.33. The summed E-state index contributed by atoms with van der Waals surface area (Å²) in [7, 11) is 0. The molecule has 1 saturated heterocycles. The maximum Gasteiger partial charge on any atom is 0.230 e. The minimum absolute atomic E-state index is 0.525. The standard InChI is InChI=1S/C19H20N2O2/c1-14-18(13-17-9-11-19(23-17)10-6-12-22-19)15(2)21(20-14)16-7-4-3-5-8-16/h3-5,7-9,11,13H,6,10,12H2,1-2H3/b17-13-. The molecule has 1 unspecified atom stereocenters. The first-order valence-electron chi connectivity index (χ1n) is 8.02. The molecule has 0 aliphatic carbocycles. The zero-order valence-corrected chi connectivity index (χ0v) is 13.5. The highest BCUT2D eigenvalue weighted by molar-refractivity contribution is 5.60. The quantitative estimate of drug-likeness (QED) is 0.843. The molecular weight excluding hydrogens is 288 g/mol. The number of hydrogen-bond donors (Lipinski definition) is 0. The number of nitrogens with zero attached hydrogens (tertiary/aromatic N) is 2. The van der Waals surface area contributed by atoms with E-state index in [4.69, 9.17) is 9.47 Å². The number of rotatable bonds is 2. The van der Waals surface area contributed by atoms with Crippen LogP contribution in [0, 0.1) is 13.8 Å². The summed E-state index contributed by atoms with van der Waals surface area (Å²) in [5, 5.41) is 4.67. The number of aromatic nitrogens is 2. The lowest BCUT2D eigenvalue weighted by Gasteiger charge is -2.20. The molecule has 0 amide bonds. The summed E-state index contributed by atoms with van der Waals surface area (Å²) in [5.41, 5.74) is 4.26. The fourth-order valence-corrected chi connectivity index (χ4v) is 3.23. The zero-order chi connectivity index (χ0) is 15.9. The molecule has 1 spiro atoms. The second kappa shape index (κ2) is 5.39. The van der Waals surface area contributed by atoms with Gasteiger partial charge in [0, 0.05) is 17.7 Å². The van der Waals surface area contributed by atoms with Crippen LogP contribution >= 0.6 is 0 Å². The summed E-state index contributed by atoms with van der Waals surface area (Å²) in [4.78, 5) is 0. The van der Waals surface area contributed by atoms with Crippen molar-refractivity contribution < 1.29 is 9.47 Å². The van der Waals surface area contributed by atoms with Crippen molar-refractivity contribution in [3.8, 4) is 5.69 Å². The third kappa shape index (κ3) is 2.49. The lowest BCUT2D eigenvalue weighted by molar-refractivity contribution is -0.135. The second-order valence-electron chi connectivity index (χ2n) is 6.08. The number of benzene rings is 1. The molecule has 3 heterocycles. The van der Waals surface area contributed by atoms with E-state index in [1.54, 1.807) is 0 Å². The van der Waals surface area contributed by atoms with Crippen molar-refractivity contribution in [1.82, 2.24) is 9.78 Å². The van der Waals surface area contributed by atoms with Crippen LogP contribution in [0.3, 0.4) is 0 Å². The number of aryl methyl sites for hydroxylation is 1. The number of hydrogen-bond acceptors (Lipinski definition) is 3. The summed E-state index contributed by atoms with van der Waals surface area (Å²) >= 11 is 0. The van der Waals surface area contributed by atoms with Gasteiger partial charge < -0.3 is 9.47 Å². The predicted molar refractivity (Wildman–Crippen MR) is 89.2 cm³/mol. The fourth-order valence-electron chi connectivity index (χ4n) is 3.23. The Balaban J connectivity index is 1.67. The smallest absolute Gasteiger partial charge is 0.230 e. The van der Waals surface area contributed by atoms with Gasteiger partial charge in [-0.15, -0.1) is 0 Å². The molecule has 2 aliphatic rings. The lowest BCUT2D eigenvalue weighted by atomic mass is 10.1. The summed E-state index contributed by atoms with van der Waals surface area (Å²) in [6.07, 6.45) is 8.05. The van der Waals surface area contributed by atoms with Crippen LogP contribution < -0.4 is 0 Å². The fraction of sp³-hybridized carbons (Fsp3) is 0.316. The van der Waals surface area contributed by atoms with Crippen molar-refractivity contribution in [1.29, 1.82) is 0 Å². The van der Waals surface area contributed by atoms with E-state index in [2.05, 4.69) is 30.2 Å². The van der Waals surface area contributed by atoms with Crippen LogP contribution in [0.25, 0.3) is 11.8 Å². The van der Waals surface area contributed by atoms with E-state index in [1.807, 2.05) is 42.0 Å². The molecule has 0 radical (unpaired) electrons. The number of ether oxygens (including phenoxy) is 2. The highest BCUT2D eigenvalue weighted by atomic mass is 16.7. The van der Waals surface area contributed by atoms with Crippen LogP contribution in [-0.2, 0) is 9.47 Å². The maximum atomic E-state index is 6.03. The molecule has 0 saturated carbocycles. The van der Waals surface area contributed by atoms with Crippen molar-refractivity contribution in [3.63, 3.8) is 0 Å². The highest BCUT2D eigenvalue weighted by Gasteiger charge is 2.38. The molecule has 4 nitrogen and oxygen atoms in total. The second-order valence-corrected chi connectivity index (χ2v) is 6.08. The summed E-state index contributed by atoms with van der Waals surface area (Å²) in [6, 6.07) is 10.2. The number of allylic oxidation sites excluding steroid dienone is 1. The molecule has 0 bridgehead atoms. The third-order valence-corrected chi connectivity index (χ3v) is 4.44. The molecule has 1 aromatic carbocycles. The molecule has 4 heteroatoms. The molecule has 118 valence electrons. The molecule has 1 aromatic heterocycles. The lowest BCUT2D eigenvalue weighted by Crippen LogP contribution is -2.24. The van der Waals surface area contributed by atoms with Crippen molar-refractivity contribution in [2.24, 2.45) is 0 Å². The Morgan fingerprint density at radius 3 is 2.78 bits per heavy atom. The Labute approximate surface area is 136 Å². The highest BCUT2D eigenvalue weighted by Crippen LogP contribution is 2.37. The Kier molecular flexibility index (Phi) is 3.34. The van der Waals surface area contributed by atoms with Gasteiger partial charge in [-0.3, -0.25) is 0 Å². The Morgan fingerprint density at radius 2 is 2.04 bits per heavy atom. The summed E-state index contributed by atoms with van der Waals surface area (Å²) in [6.45, 7) is 4.88. The van der Waals surface area contributed by atoms with Gasteiger partial charge in [0.25, 0.3) is 0 Å². The van der Waals surface area contributed by atoms with Gasteiger partial charge in [0.1, 0.15) is 5.76 Å². The molecule has 2 aromatic rings. The van der Waals surface area contributed by atoms with E-state index in [0.29, 0.717) is 0 Å². The average molecular weight is 308 g/mol. The largest absolute Gasteiger partial charge is 0.459 e. The van der Waals surface area contributed by atoms with Gasteiger partial charge in [0.05, 0.1) is 18.0 Å². The van der Waals surface area contributed by atoms with Gasteiger partial charge in [0.2, 0.25) is 5.79 Å². The van der Waals surface area contributed by atoms with Gasteiger partial charge in [-0.1, -0.05) is 18.2 Å². The SMILES string of the molecule is Cc1nn(-c2ccccc2)c(C)c1/C=C1/C=CC2(CCCO2)O1. The van der Waals surface area contributed by atoms with Gasteiger partial charge >= 0.3 is 0 Å². The summed E-state index contributed by atoms with van der Waals surface area (Å²) < 4.78 is 13.7. The monoisotopic (exact) mass is 308 g/mol. The van der Waals surface area contributed by atoms with Crippen LogP contribution in [0.5, 0.6) is 0 Å². The van der Waals surface area contributed by atoms with Crippen LogP contribution in [-0.4, -0.2) is 22.2 Å². The van der Waals surface area contributed by atoms with Crippen LogP contribution in [0.4, 0.5) is 0 Å². The van der Waals surface area contributed by atoms with E-state index < -0.39 is 5.79 Å². The molecule has 1 fully saturated rings. The number of para-hydroxylation sites is 1. The minimum Gasteiger partial charge on any atom is -0.459 e. The van der Waals surface area contributed by atoms with E-state index >= 15 is 0 Å². The van der Waals surface area contributed by atoms with Crippen molar-refractivity contribution in [2.75, 3.05) is 6.61 Å². The Morgan fingerprint density at radius 1 is 1.22 bits per heavy atom. The van der Waals surface area contributed by atoms with Crippen LogP contribution in [0.15, 0.2) is 48.2 Å². The van der Waals surface area contributed by atoms with Crippen molar-refractivity contribution in [2.45, 2.75) is 32.5 Å². The first-order chi connectivity index (χ1) is 11.2. The Bertz CT molecular complexity index is 781. The van der Waals surface area contributed by atoms with E-state index in [1.165, 1.54) is 0 Å². The van der Waals surface area contributed by atoms with Gasteiger partial charge in [-0.25, -0.2) is 4.68 Å². The van der Waals surface area contributed by atoms with E-state index in [0.717, 1.165) is 47.8 Å². The zero-order valence-electron chi connectivity index (χ0n) is 13.5. The van der Waals surface area contributed by atoms with Gasteiger partial charge in [-0.2, -0.15) is 5.10 Å². The van der Waals surface area contributed by atoms with Crippen molar-refractivity contribution >= 4 is 6.08 Å². The van der Waals surface area contributed by atoms with E-state index in [9.17, 15) is 0 Å². The molecule has 1 atom stereocenters. The average Bonchev–Trinajstić information content (AvgIpc) is 3.26. The molecule has 0 N–H and O–H groups in total. The van der Waals surface area contributed by atoms with Crippen LogP contribution in [0.1, 0.15) is 29.8 Å².